The summed E-state index contributed by atoms with van der Waals surface area (Å²) < 4.78 is 0. The minimum Gasteiger partial charge on any atom is -0.294 e. The van der Waals surface area contributed by atoms with Crippen molar-refractivity contribution >= 4 is 34.8 Å². The minimum atomic E-state index is -0.406. The lowest BCUT2D eigenvalue weighted by Crippen LogP contribution is -2.14. The first-order chi connectivity index (χ1) is 8.43. The maximum atomic E-state index is 12.2. The zero-order chi connectivity index (χ0) is 13.4. The summed E-state index contributed by atoms with van der Waals surface area (Å²) in [6.45, 7) is 5.32. The normalized spacial score (nSPS) is 14.4. The maximum Gasteiger partial charge on any atom is 0.197 e. The van der Waals surface area contributed by atoms with Gasteiger partial charge >= 0.3 is 0 Å². The Morgan fingerprint density at radius 3 is 2.44 bits per heavy atom. The van der Waals surface area contributed by atoms with E-state index in [0.717, 1.165) is 12.8 Å². The number of hydrogen-bond donors (Lipinski definition) is 0. The summed E-state index contributed by atoms with van der Waals surface area (Å²) in [4.78, 5) is 23.9. The third-order valence-corrected chi connectivity index (χ3v) is 3.98. The highest BCUT2D eigenvalue weighted by Gasteiger charge is 2.34. The van der Waals surface area contributed by atoms with Crippen LogP contribution in [-0.4, -0.2) is 11.6 Å². The number of Topliss-reactive ketones (excluding diaryl/α,β-unsaturated/α-hetero) is 2. The molecule has 0 saturated heterocycles. The van der Waals surface area contributed by atoms with Gasteiger partial charge in [0.2, 0.25) is 0 Å². The second-order valence-electron chi connectivity index (χ2n) is 4.48. The van der Waals surface area contributed by atoms with Crippen LogP contribution in [0.2, 0.25) is 10.0 Å². The molecule has 0 radical (unpaired) electrons. The molecule has 2 nitrogen and oxygen atoms in total. The van der Waals surface area contributed by atoms with Crippen molar-refractivity contribution in [2.24, 2.45) is 5.92 Å². The Balaban J connectivity index is 2.31. The third-order valence-electron chi connectivity index (χ3n) is 3.08. The summed E-state index contributed by atoms with van der Waals surface area (Å²) in [5.41, 5.74) is 0.939. The lowest BCUT2D eigenvalue weighted by molar-refractivity contribution is -0.116. The van der Waals surface area contributed by atoms with E-state index in [4.69, 9.17) is 23.2 Å². The molecular weight excluding hydrogens is 271 g/mol. The van der Waals surface area contributed by atoms with Gasteiger partial charge in [0.25, 0.3) is 0 Å². The summed E-state index contributed by atoms with van der Waals surface area (Å²) in [5.74, 6) is -0.589. The molecule has 0 atom stereocenters. The molecule has 4 heteroatoms. The molecule has 0 amide bonds. The molecule has 0 bridgehead atoms. The van der Waals surface area contributed by atoms with Gasteiger partial charge < -0.3 is 0 Å². The number of halogens is 2. The van der Waals surface area contributed by atoms with Gasteiger partial charge in [-0.05, 0) is 37.5 Å². The Labute approximate surface area is 116 Å². The van der Waals surface area contributed by atoms with Crippen LogP contribution in [0.15, 0.2) is 24.3 Å². The van der Waals surface area contributed by atoms with Gasteiger partial charge in [-0.25, -0.2) is 0 Å². The number of carbonyl (C=O) groups excluding carboxylic acids is 2. The lowest BCUT2D eigenvalue weighted by atomic mass is 9.98. The molecule has 0 aliphatic heterocycles. The van der Waals surface area contributed by atoms with Crippen molar-refractivity contribution < 1.29 is 9.59 Å². The van der Waals surface area contributed by atoms with E-state index in [1.165, 1.54) is 6.07 Å². The van der Waals surface area contributed by atoms with Gasteiger partial charge in [0.15, 0.2) is 11.6 Å². The molecule has 18 heavy (non-hydrogen) atoms. The molecule has 0 aromatic heterocycles. The minimum absolute atomic E-state index is 0.0149. The molecule has 2 rings (SSSR count). The smallest absolute Gasteiger partial charge is 0.197 e. The van der Waals surface area contributed by atoms with Crippen molar-refractivity contribution in [1.29, 1.82) is 0 Å². The molecule has 1 aliphatic rings. The molecule has 1 aromatic carbocycles. The Morgan fingerprint density at radius 1 is 1.28 bits per heavy atom. The maximum absolute atomic E-state index is 12.2. The first-order valence-corrected chi connectivity index (χ1v) is 6.41. The number of carbonyl (C=O) groups is 2. The van der Waals surface area contributed by atoms with E-state index in [1.54, 1.807) is 13.0 Å². The summed E-state index contributed by atoms with van der Waals surface area (Å²) >= 11 is 12.0. The van der Waals surface area contributed by atoms with Crippen LogP contribution < -0.4 is 0 Å². The zero-order valence-electron chi connectivity index (χ0n) is 9.93. The van der Waals surface area contributed by atoms with Crippen molar-refractivity contribution in [1.82, 2.24) is 0 Å². The summed E-state index contributed by atoms with van der Waals surface area (Å²) in [6.07, 6.45) is 1.69. The van der Waals surface area contributed by atoms with E-state index in [1.807, 2.05) is 0 Å². The van der Waals surface area contributed by atoms with Gasteiger partial charge in [0, 0.05) is 16.5 Å². The number of ketones is 2. The van der Waals surface area contributed by atoms with E-state index in [9.17, 15) is 9.59 Å². The highest BCUT2D eigenvalue weighted by molar-refractivity contribution is 6.40. The second kappa shape index (κ2) is 4.87. The number of hydrogen-bond acceptors (Lipinski definition) is 2. The fraction of sp³-hybridized carbons (Fsp3) is 0.286. The van der Waals surface area contributed by atoms with Crippen LogP contribution in [0.25, 0.3) is 0 Å². The zero-order valence-corrected chi connectivity index (χ0v) is 11.4. The summed E-state index contributed by atoms with van der Waals surface area (Å²) in [7, 11) is 0. The molecule has 0 spiro atoms. The highest BCUT2D eigenvalue weighted by atomic mass is 35.5. The Hall–Kier alpha value is -1.12. The highest BCUT2D eigenvalue weighted by Crippen LogP contribution is 2.34. The average molecular weight is 283 g/mol. The topological polar surface area (TPSA) is 34.1 Å². The fourth-order valence-electron chi connectivity index (χ4n) is 1.70. The van der Waals surface area contributed by atoms with Gasteiger partial charge in [-0.3, -0.25) is 9.59 Å². The molecule has 1 saturated carbocycles. The monoisotopic (exact) mass is 282 g/mol. The van der Waals surface area contributed by atoms with E-state index < -0.39 is 5.78 Å². The molecular formula is C14H12Cl2O2. The van der Waals surface area contributed by atoms with Crippen LogP contribution in [0.1, 0.15) is 28.8 Å². The third kappa shape index (κ3) is 2.36. The first-order valence-electron chi connectivity index (χ1n) is 5.66. The quantitative estimate of drug-likeness (QED) is 0.362. The van der Waals surface area contributed by atoms with Crippen molar-refractivity contribution in [2.75, 3.05) is 0 Å². The average Bonchev–Trinajstić information content (AvgIpc) is 3.18. The SMILES string of the molecule is C=C(C(=O)c1ccc(Cl)c(C)c1Cl)C(=O)C1CC1. The van der Waals surface area contributed by atoms with Crippen molar-refractivity contribution in [3.05, 3.63) is 45.5 Å². The molecule has 0 heterocycles. The summed E-state index contributed by atoms with van der Waals surface area (Å²) in [5, 5.41) is 0.785. The van der Waals surface area contributed by atoms with Crippen LogP contribution >= 0.6 is 23.2 Å². The van der Waals surface area contributed by atoms with Crippen LogP contribution in [0.4, 0.5) is 0 Å². The predicted molar refractivity (Wildman–Crippen MR) is 72.4 cm³/mol. The van der Waals surface area contributed by atoms with Gasteiger partial charge in [-0.2, -0.15) is 0 Å². The molecule has 1 aromatic rings. The van der Waals surface area contributed by atoms with Gasteiger partial charge in [-0.1, -0.05) is 29.8 Å². The van der Waals surface area contributed by atoms with E-state index in [0.29, 0.717) is 10.6 Å². The molecule has 1 fully saturated rings. The molecule has 0 unspecified atom stereocenters. The first kappa shape index (κ1) is 13.3. The van der Waals surface area contributed by atoms with Crippen molar-refractivity contribution in [2.45, 2.75) is 19.8 Å². The van der Waals surface area contributed by atoms with Crippen LogP contribution in [0, 0.1) is 12.8 Å². The van der Waals surface area contributed by atoms with Crippen LogP contribution in [0.5, 0.6) is 0 Å². The Morgan fingerprint density at radius 2 is 1.89 bits per heavy atom. The lowest BCUT2D eigenvalue weighted by Gasteiger charge is -2.08. The predicted octanol–water partition coefficient (Wildman–Crippen LogP) is 4.02. The van der Waals surface area contributed by atoms with E-state index >= 15 is 0 Å². The Bertz CT molecular complexity index is 557. The number of allylic oxidation sites excluding steroid dienone is 1. The van der Waals surface area contributed by atoms with Crippen molar-refractivity contribution in [3.63, 3.8) is 0 Å². The molecule has 0 N–H and O–H groups in total. The van der Waals surface area contributed by atoms with Crippen LogP contribution in [0.3, 0.4) is 0 Å². The van der Waals surface area contributed by atoms with Crippen molar-refractivity contribution in [3.8, 4) is 0 Å². The largest absolute Gasteiger partial charge is 0.294 e. The molecule has 94 valence electrons. The standard InChI is InChI=1S/C14H12Cl2O2/c1-7-11(15)6-5-10(12(7)16)14(18)8(2)13(17)9-3-4-9/h5-6,9H,2-4H2,1H3. The number of benzene rings is 1. The van der Waals surface area contributed by atoms with E-state index in [2.05, 4.69) is 6.58 Å². The fourth-order valence-corrected chi connectivity index (χ4v) is 2.16. The van der Waals surface area contributed by atoms with Gasteiger partial charge in [0.1, 0.15) is 0 Å². The molecule has 1 aliphatic carbocycles. The van der Waals surface area contributed by atoms with Gasteiger partial charge in [-0.15, -0.1) is 0 Å². The second-order valence-corrected chi connectivity index (χ2v) is 5.27. The summed E-state index contributed by atoms with van der Waals surface area (Å²) in [6, 6.07) is 3.14. The Kier molecular flexibility index (Phi) is 3.60. The van der Waals surface area contributed by atoms with Gasteiger partial charge in [0.05, 0.1) is 10.6 Å². The number of rotatable bonds is 4. The van der Waals surface area contributed by atoms with Crippen LogP contribution in [-0.2, 0) is 4.79 Å². The van der Waals surface area contributed by atoms with E-state index in [-0.39, 0.29) is 27.9 Å².